The van der Waals surface area contributed by atoms with Gasteiger partial charge < -0.3 is 0 Å². The van der Waals surface area contributed by atoms with E-state index in [1.54, 1.807) is 11.3 Å². The van der Waals surface area contributed by atoms with E-state index in [0.717, 1.165) is 31.1 Å². The van der Waals surface area contributed by atoms with Gasteiger partial charge in [0.25, 0.3) is 5.91 Å². The van der Waals surface area contributed by atoms with Gasteiger partial charge in [0, 0.05) is 5.38 Å². The number of aromatic nitrogens is 3. The molecule has 0 bridgehead atoms. The SMILES string of the molecule is O=C(Nc1nc(-c2nc3ccccc3s2)cs1)c1nc2ccccc2s1. The average molecular weight is 395 g/mol. The van der Waals surface area contributed by atoms with Crippen LogP contribution >= 0.6 is 34.0 Å². The van der Waals surface area contributed by atoms with Crippen LogP contribution in [0.5, 0.6) is 0 Å². The van der Waals surface area contributed by atoms with Crippen molar-refractivity contribution in [3.63, 3.8) is 0 Å². The number of thiazole rings is 3. The van der Waals surface area contributed by atoms with E-state index in [4.69, 9.17) is 0 Å². The van der Waals surface area contributed by atoms with E-state index in [0.29, 0.717) is 10.1 Å². The first-order valence-corrected chi connectivity index (χ1v) is 10.3. The van der Waals surface area contributed by atoms with E-state index in [1.165, 1.54) is 22.7 Å². The summed E-state index contributed by atoms with van der Waals surface area (Å²) in [7, 11) is 0. The molecule has 0 saturated heterocycles. The van der Waals surface area contributed by atoms with E-state index in [-0.39, 0.29) is 5.91 Å². The highest BCUT2D eigenvalue weighted by Crippen LogP contribution is 2.32. The van der Waals surface area contributed by atoms with Crippen molar-refractivity contribution >= 4 is 65.5 Å². The lowest BCUT2D eigenvalue weighted by Crippen LogP contribution is -2.11. The van der Waals surface area contributed by atoms with Crippen molar-refractivity contribution < 1.29 is 4.79 Å². The molecular formula is C18H10N4OS3. The highest BCUT2D eigenvalue weighted by atomic mass is 32.1. The number of benzene rings is 2. The maximum Gasteiger partial charge on any atom is 0.286 e. The van der Waals surface area contributed by atoms with Gasteiger partial charge in [0.05, 0.1) is 20.4 Å². The quantitative estimate of drug-likeness (QED) is 0.452. The molecule has 0 aliphatic carbocycles. The molecule has 5 aromatic rings. The Morgan fingerprint density at radius 1 is 0.846 bits per heavy atom. The van der Waals surface area contributed by atoms with Gasteiger partial charge in [0.15, 0.2) is 10.1 Å². The normalized spacial score (nSPS) is 11.2. The van der Waals surface area contributed by atoms with Gasteiger partial charge in [0.2, 0.25) is 0 Å². The van der Waals surface area contributed by atoms with Crippen LogP contribution in [0.15, 0.2) is 53.9 Å². The van der Waals surface area contributed by atoms with Crippen LogP contribution in [0.1, 0.15) is 9.80 Å². The summed E-state index contributed by atoms with van der Waals surface area (Å²) in [5, 5.41) is 6.57. The number of rotatable bonds is 3. The third kappa shape index (κ3) is 2.78. The topological polar surface area (TPSA) is 67.8 Å². The van der Waals surface area contributed by atoms with Crippen LogP contribution in [0.4, 0.5) is 5.13 Å². The van der Waals surface area contributed by atoms with Gasteiger partial charge in [-0.15, -0.1) is 34.0 Å². The van der Waals surface area contributed by atoms with Gasteiger partial charge in [-0.2, -0.15) is 0 Å². The second-order valence-corrected chi connectivity index (χ2v) is 8.38. The van der Waals surface area contributed by atoms with Crippen molar-refractivity contribution in [1.82, 2.24) is 15.0 Å². The van der Waals surface area contributed by atoms with Crippen molar-refractivity contribution in [3.05, 3.63) is 58.9 Å². The second-order valence-electron chi connectivity index (χ2n) is 5.47. The maximum atomic E-state index is 12.5. The van der Waals surface area contributed by atoms with Gasteiger partial charge in [0.1, 0.15) is 10.7 Å². The first kappa shape index (κ1) is 15.6. The molecule has 26 heavy (non-hydrogen) atoms. The lowest BCUT2D eigenvalue weighted by atomic mass is 10.3. The molecule has 0 atom stereocenters. The lowest BCUT2D eigenvalue weighted by molar-refractivity contribution is 0.102. The number of amides is 1. The number of nitrogens with zero attached hydrogens (tertiary/aromatic N) is 3. The molecule has 126 valence electrons. The summed E-state index contributed by atoms with van der Waals surface area (Å²) in [6.45, 7) is 0. The third-order valence-electron chi connectivity index (χ3n) is 3.73. The average Bonchev–Trinajstić information content (AvgIpc) is 3.38. The molecule has 0 saturated carbocycles. The fraction of sp³-hybridized carbons (Fsp3) is 0. The summed E-state index contributed by atoms with van der Waals surface area (Å²) in [6.07, 6.45) is 0. The van der Waals surface area contributed by atoms with Crippen LogP contribution in [0.3, 0.4) is 0 Å². The largest absolute Gasteiger partial charge is 0.296 e. The molecule has 5 rings (SSSR count). The summed E-state index contributed by atoms with van der Waals surface area (Å²) in [5.41, 5.74) is 2.56. The van der Waals surface area contributed by atoms with Crippen LogP contribution in [-0.2, 0) is 0 Å². The minimum Gasteiger partial charge on any atom is -0.296 e. The Morgan fingerprint density at radius 2 is 1.54 bits per heavy atom. The number of carbonyl (C=O) groups excluding carboxylic acids is 1. The highest BCUT2D eigenvalue weighted by molar-refractivity contribution is 7.22. The van der Waals surface area contributed by atoms with Crippen molar-refractivity contribution in [2.75, 3.05) is 5.32 Å². The number of anilines is 1. The monoisotopic (exact) mass is 394 g/mol. The second kappa shape index (κ2) is 6.24. The van der Waals surface area contributed by atoms with Gasteiger partial charge in [-0.05, 0) is 24.3 Å². The highest BCUT2D eigenvalue weighted by Gasteiger charge is 2.15. The summed E-state index contributed by atoms with van der Waals surface area (Å²) < 4.78 is 2.11. The number of hydrogen-bond acceptors (Lipinski definition) is 7. The van der Waals surface area contributed by atoms with Gasteiger partial charge >= 0.3 is 0 Å². The summed E-state index contributed by atoms with van der Waals surface area (Å²) in [4.78, 5) is 25.9. The summed E-state index contributed by atoms with van der Waals surface area (Å²) in [5.74, 6) is -0.239. The fourth-order valence-electron chi connectivity index (χ4n) is 2.53. The molecule has 5 nitrogen and oxygen atoms in total. The van der Waals surface area contributed by atoms with Crippen LogP contribution < -0.4 is 5.32 Å². The fourth-order valence-corrected chi connectivity index (χ4v) is 5.08. The van der Waals surface area contributed by atoms with E-state index in [9.17, 15) is 4.79 Å². The zero-order valence-corrected chi connectivity index (χ0v) is 15.6. The van der Waals surface area contributed by atoms with Gasteiger partial charge in [-0.1, -0.05) is 24.3 Å². The minimum absolute atomic E-state index is 0.239. The number of fused-ring (bicyclic) bond motifs is 2. The molecule has 8 heteroatoms. The van der Waals surface area contributed by atoms with E-state index < -0.39 is 0 Å². The Hall–Kier alpha value is -2.68. The zero-order valence-electron chi connectivity index (χ0n) is 13.2. The molecule has 3 aromatic heterocycles. The Morgan fingerprint density at radius 3 is 2.27 bits per heavy atom. The molecule has 0 aliphatic rings. The maximum absolute atomic E-state index is 12.5. The Kier molecular flexibility index (Phi) is 3.74. The number of carbonyl (C=O) groups is 1. The number of para-hydroxylation sites is 2. The van der Waals surface area contributed by atoms with E-state index >= 15 is 0 Å². The molecule has 0 spiro atoms. The smallest absolute Gasteiger partial charge is 0.286 e. The Labute approximate surface area is 160 Å². The van der Waals surface area contributed by atoms with Crippen LogP contribution in [0.2, 0.25) is 0 Å². The Bertz CT molecular complexity index is 1190. The minimum atomic E-state index is -0.239. The molecule has 1 N–H and O–H groups in total. The molecular weight excluding hydrogens is 384 g/mol. The van der Waals surface area contributed by atoms with Crippen molar-refractivity contribution in [3.8, 4) is 10.7 Å². The first-order chi connectivity index (χ1) is 12.8. The van der Waals surface area contributed by atoms with E-state index in [2.05, 4.69) is 20.3 Å². The molecule has 0 fully saturated rings. The standard InChI is InChI=1S/C18H10N4OS3/c23-15(17-20-11-6-2-4-8-14(11)26-17)22-18-21-12(9-24-18)16-19-10-5-1-3-7-13(10)25-16/h1-9H,(H,21,22,23). The predicted molar refractivity (Wildman–Crippen MR) is 108 cm³/mol. The number of hydrogen-bond donors (Lipinski definition) is 1. The van der Waals surface area contributed by atoms with Gasteiger partial charge in [-0.3, -0.25) is 10.1 Å². The third-order valence-corrected chi connectivity index (χ3v) is 6.58. The van der Waals surface area contributed by atoms with Crippen molar-refractivity contribution in [2.24, 2.45) is 0 Å². The van der Waals surface area contributed by atoms with Crippen molar-refractivity contribution in [2.45, 2.75) is 0 Å². The van der Waals surface area contributed by atoms with Crippen LogP contribution in [-0.4, -0.2) is 20.9 Å². The molecule has 2 aromatic carbocycles. The molecule has 0 aliphatic heterocycles. The van der Waals surface area contributed by atoms with Gasteiger partial charge in [-0.25, -0.2) is 15.0 Å². The summed E-state index contributed by atoms with van der Waals surface area (Å²) in [6, 6.07) is 15.7. The molecule has 1 amide bonds. The van der Waals surface area contributed by atoms with Crippen LogP contribution in [0, 0.1) is 0 Å². The van der Waals surface area contributed by atoms with E-state index in [1.807, 2.05) is 53.9 Å². The molecule has 0 unspecified atom stereocenters. The Balaban J connectivity index is 1.40. The summed E-state index contributed by atoms with van der Waals surface area (Å²) >= 11 is 4.35. The molecule has 0 radical (unpaired) electrons. The first-order valence-electron chi connectivity index (χ1n) is 7.75. The van der Waals surface area contributed by atoms with Crippen molar-refractivity contribution in [1.29, 1.82) is 0 Å². The van der Waals surface area contributed by atoms with Crippen LogP contribution in [0.25, 0.3) is 31.1 Å². The predicted octanol–water partition coefficient (Wildman–Crippen LogP) is 5.28. The molecule has 3 heterocycles. The number of nitrogens with one attached hydrogen (secondary N) is 1. The zero-order chi connectivity index (χ0) is 17.5. The lowest BCUT2D eigenvalue weighted by Gasteiger charge is -1.96.